The van der Waals surface area contributed by atoms with E-state index in [1.165, 1.54) is 0 Å². The lowest BCUT2D eigenvalue weighted by atomic mass is 9.67. The predicted molar refractivity (Wildman–Crippen MR) is 71.5 cm³/mol. The molecule has 0 amide bonds. The lowest BCUT2D eigenvalue weighted by molar-refractivity contribution is -0.175. The zero-order chi connectivity index (χ0) is 14.8. The highest BCUT2D eigenvalue weighted by Crippen LogP contribution is 2.48. The second-order valence-electron chi connectivity index (χ2n) is 6.54. The molecule has 0 saturated heterocycles. The number of hydrogen-bond acceptors (Lipinski definition) is 4. The topological polar surface area (TPSA) is 60.4 Å². The van der Waals surface area contributed by atoms with Crippen LogP contribution < -0.4 is 0 Å². The monoisotopic (exact) mass is 268 g/mol. The molecular formula is C15H24O4. The number of hydrogen-bond donors (Lipinski definition) is 0. The van der Waals surface area contributed by atoms with E-state index in [9.17, 15) is 14.4 Å². The molecule has 0 spiro atoms. The van der Waals surface area contributed by atoms with Gasteiger partial charge in [0.1, 0.15) is 17.3 Å². The summed E-state index contributed by atoms with van der Waals surface area (Å²) in [5.41, 5.74) is -1.78. The van der Waals surface area contributed by atoms with E-state index in [1.807, 2.05) is 6.92 Å². The van der Waals surface area contributed by atoms with E-state index >= 15 is 0 Å². The van der Waals surface area contributed by atoms with Crippen molar-refractivity contribution in [2.75, 3.05) is 0 Å². The van der Waals surface area contributed by atoms with Crippen molar-refractivity contribution >= 4 is 18.0 Å². The molecule has 0 radical (unpaired) electrons. The first kappa shape index (κ1) is 15.9. The molecule has 1 aliphatic rings. The third-order valence-electron chi connectivity index (χ3n) is 4.01. The van der Waals surface area contributed by atoms with Gasteiger partial charge in [0.25, 0.3) is 0 Å². The molecule has 0 aliphatic heterocycles. The van der Waals surface area contributed by atoms with Crippen LogP contribution in [0.4, 0.5) is 0 Å². The maximum Gasteiger partial charge on any atom is 0.320 e. The summed E-state index contributed by atoms with van der Waals surface area (Å²) >= 11 is 0. The summed E-state index contributed by atoms with van der Waals surface area (Å²) in [5, 5.41) is 0. The third-order valence-corrected chi connectivity index (χ3v) is 4.01. The van der Waals surface area contributed by atoms with Gasteiger partial charge >= 0.3 is 5.97 Å². The highest BCUT2D eigenvalue weighted by atomic mass is 16.6. The van der Waals surface area contributed by atoms with E-state index in [1.54, 1.807) is 27.7 Å². The van der Waals surface area contributed by atoms with E-state index in [-0.39, 0.29) is 24.0 Å². The molecular weight excluding hydrogens is 244 g/mol. The number of Topliss-reactive ketones (excluding diaryl/α,β-unsaturated/α-hetero) is 1. The Labute approximate surface area is 114 Å². The summed E-state index contributed by atoms with van der Waals surface area (Å²) in [6.45, 7) is 9.04. The van der Waals surface area contributed by atoms with Crippen molar-refractivity contribution in [3.8, 4) is 0 Å². The molecule has 19 heavy (non-hydrogen) atoms. The van der Waals surface area contributed by atoms with E-state index < -0.39 is 17.0 Å². The molecule has 4 nitrogen and oxygen atoms in total. The number of carbonyl (C=O) groups is 3. The third kappa shape index (κ3) is 2.88. The van der Waals surface area contributed by atoms with Crippen molar-refractivity contribution in [2.45, 2.75) is 59.5 Å². The Morgan fingerprint density at radius 3 is 2.47 bits per heavy atom. The molecule has 1 fully saturated rings. The highest BCUT2D eigenvalue weighted by Gasteiger charge is 2.58. The van der Waals surface area contributed by atoms with E-state index in [2.05, 4.69) is 0 Å². The largest absolute Gasteiger partial charge is 0.459 e. The molecule has 0 aromatic heterocycles. The van der Waals surface area contributed by atoms with Crippen LogP contribution >= 0.6 is 0 Å². The molecule has 0 heterocycles. The van der Waals surface area contributed by atoms with Crippen LogP contribution in [-0.4, -0.2) is 23.6 Å². The van der Waals surface area contributed by atoms with Gasteiger partial charge in [-0.1, -0.05) is 13.8 Å². The van der Waals surface area contributed by atoms with E-state index in [0.717, 1.165) is 6.29 Å². The second-order valence-corrected chi connectivity index (χ2v) is 6.54. The minimum Gasteiger partial charge on any atom is -0.459 e. The number of rotatable bonds is 4. The van der Waals surface area contributed by atoms with Crippen LogP contribution in [0.2, 0.25) is 0 Å². The van der Waals surface area contributed by atoms with Gasteiger partial charge in [-0.05, 0) is 39.0 Å². The van der Waals surface area contributed by atoms with Crippen LogP contribution in [0.25, 0.3) is 0 Å². The first-order valence-electron chi connectivity index (χ1n) is 6.86. The minimum absolute atomic E-state index is 0.0789. The number of aldehydes is 1. The number of ether oxygens (including phenoxy) is 1. The molecule has 3 atom stereocenters. The van der Waals surface area contributed by atoms with Crippen molar-refractivity contribution in [1.29, 1.82) is 0 Å². The zero-order valence-electron chi connectivity index (χ0n) is 12.5. The standard InChI is InChI=1S/C15H24O4/c1-10-6-7-12(17)15(10,11(2)8-9-16)13(18)19-14(3,4)5/h9-11H,6-8H2,1-5H3/t10-,11-,15+/m1/s1. The fourth-order valence-electron chi connectivity index (χ4n) is 3.03. The van der Waals surface area contributed by atoms with Crippen molar-refractivity contribution in [3.05, 3.63) is 0 Å². The highest BCUT2D eigenvalue weighted by molar-refractivity contribution is 6.06. The maximum atomic E-state index is 12.6. The molecule has 0 N–H and O–H groups in total. The van der Waals surface area contributed by atoms with Crippen LogP contribution in [0.1, 0.15) is 53.9 Å². The quantitative estimate of drug-likeness (QED) is 0.446. The maximum absolute atomic E-state index is 12.6. The van der Waals surface area contributed by atoms with Gasteiger partial charge in [0, 0.05) is 12.8 Å². The summed E-state index contributed by atoms with van der Waals surface area (Å²) in [7, 11) is 0. The Morgan fingerprint density at radius 1 is 1.53 bits per heavy atom. The molecule has 0 unspecified atom stereocenters. The normalized spacial score (nSPS) is 29.1. The Morgan fingerprint density at radius 2 is 2.11 bits per heavy atom. The SMILES string of the molecule is C[C@H](CC=O)[C@]1(C(=O)OC(C)(C)C)C(=O)CC[C@H]1C. The second kappa shape index (κ2) is 5.43. The zero-order valence-corrected chi connectivity index (χ0v) is 12.5. The Kier molecular flexibility index (Phi) is 4.54. The van der Waals surface area contributed by atoms with Crippen LogP contribution in [0.5, 0.6) is 0 Å². The first-order valence-corrected chi connectivity index (χ1v) is 6.86. The van der Waals surface area contributed by atoms with Crippen molar-refractivity contribution < 1.29 is 19.1 Å². The van der Waals surface area contributed by atoms with Crippen LogP contribution in [0.3, 0.4) is 0 Å². The molecule has 4 heteroatoms. The van der Waals surface area contributed by atoms with Crippen molar-refractivity contribution in [1.82, 2.24) is 0 Å². The van der Waals surface area contributed by atoms with E-state index in [4.69, 9.17) is 4.74 Å². The molecule has 1 aliphatic carbocycles. The average molecular weight is 268 g/mol. The Hall–Kier alpha value is -1.19. The van der Waals surface area contributed by atoms with Crippen LogP contribution in [0.15, 0.2) is 0 Å². The summed E-state index contributed by atoms with van der Waals surface area (Å²) in [4.78, 5) is 35.7. The smallest absolute Gasteiger partial charge is 0.320 e. The van der Waals surface area contributed by atoms with Gasteiger partial charge in [-0.25, -0.2) is 0 Å². The minimum atomic E-state index is -1.14. The fourth-order valence-corrected chi connectivity index (χ4v) is 3.03. The van der Waals surface area contributed by atoms with Crippen LogP contribution in [0, 0.1) is 17.3 Å². The first-order chi connectivity index (χ1) is 8.66. The molecule has 1 rings (SSSR count). The van der Waals surface area contributed by atoms with Gasteiger partial charge < -0.3 is 9.53 Å². The average Bonchev–Trinajstić information content (AvgIpc) is 2.53. The molecule has 0 aromatic rings. The summed E-state index contributed by atoms with van der Waals surface area (Å²) in [6, 6.07) is 0. The predicted octanol–water partition coefficient (Wildman–Crippen LogP) is 2.54. The number of esters is 1. The van der Waals surface area contributed by atoms with Crippen molar-refractivity contribution in [2.24, 2.45) is 17.3 Å². The van der Waals surface area contributed by atoms with Gasteiger partial charge in [-0.2, -0.15) is 0 Å². The van der Waals surface area contributed by atoms with Gasteiger partial charge in [-0.3, -0.25) is 9.59 Å². The molecule has 108 valence electrons. The summed E-state index contributed by atoms with van der Waals surface area (Å²) < 4.78 is 5.46. The lowest BCUT2D eigenvalue weighted by Gasteiger charge is -2.37. The lowest BCUT2D eigenvalue weighted by Crippen LogP contribution is -2.48. The molecule has 1 saturated carbocycles. The summed E-state index contributed by atoms with van der Waals surface area (Å²) in [6.07, 6.45) is 2.05. The number of carbonyl (C=O) groups excluding carboxylic acids is 3. The van der Waals surface area contributed by atoms with E-state index in [0.29, 0.717) is 12.8 Å². The Bertz CT molecular complexity index is 380. The van der Waals surface area contributed by atoms with Gasteiger partial charge in [0.2, 0.25) is 0 Å². The van der Waals surface area contributed by atoms with Gasteiger partial charge in [0.15, 0.2) is 5.78 Å². The Balaban J connectivity index is 3.16. The fraction of sp³-hybridized carbons (Fsp3) is 0.800. The molecule has 0 aromatic carbocycles. The molecule has 0 bridgehead atoms. The van der Waals surface area contributed by atoms with Crippen LogP contribution in [-0.2, 0) is 19.1 Å². The number of ketones is 1. The summed E-state index contributed by atoms with van der Waals surface area (Å²) in [5.74, 6) is -0.942. The van der Waals surface area contributed by atoms with Gasteiger partial charge in [-0.15, -0.1) is 0 Å². The van der Waals surface area contributed by atoms with Crippen molar-refractivity contribution in [3.63, 3.8) is 0 Å². The van der Waals surface area contributed by atoms with Gasteiger partial charge in [0.05, 0.1) is 0 Å².